The van der Waals surface area contributed by atoms with E-state index in [0.29, 0.717) is 0 Å². The normalized spacial score (nSPS) is 24.2. The van der Waals surface area contributed by atoms with E-state index in [1.807, 2.05) is 12.1 Å². The highest BCUT2D eigenvalue weighted by atomic mass is 16.1. The number of piperidine rings is 1. The van der Waals surface area contributed by atoms with Gasteiger partial charge in [0.05, 0.1) is 5.92 Å². The number of hydrogen-bond donors (Lipinski definition) is 2. The van der Waals surface area contributed by atoms with Gasteiger partial charge in [-0.3, -0.25) is 4.79 Å². The van der Waals surface area contributed by atoms with E-state index in [4.69, 9.17) is 0 Å². The van der Waals surface area contributed by atoms with Crippen molar-refractivity contribution in [2.75, 3.05) is 19.6 Å². The Morgan fingerprint density at radius 2 is 2.11 bits per heavy atom. The first-order chi connectivity index (χ1) is 9.18. The van der Waals surface area contributed by atoms with Crippen LogP contribution in [-0.2, 0) is 11.2 Å². The molecule has 3 nitrogen and oxygen atoms in total. The summed E-state index contributed by atoms with van der Waals surface area (Å²) < 4.78 is 0. The second kappa shape index (κ2) is 4.97. The molecule has 102 valence electrons. The standard InChI is InChI=1S/C16H22N2O/c1-16(6-8-17-9-7-16)11-18-15(19)14-10-12-4-2-3-5-13(12)14/h2-5,14,17H,6-11H2,1H3,(H,18,19). The van der Waals surface area contributed by atoms with Crippen LogP contribution in [0.3, 0.4) is 0 Å². The van der Waals surface area contributed by atoms with Gasteiger partial charge in [-0.15, -0.1) is 0 Å². The van der Waals surface area contributed by atoms with Crippen molar-refractivity contribution in [3.8, 4) is 0 Å². The Bertz CT molecular complexity index is 477. The predicted molar refractivity (Wildman–Crippen MR) is 76.1 cm³/mol. The maximum atomic E-state index is 12.2. The monoisotopic (exact) mass is 258 g/mol. The maximum absolute atomic E-state index is 12.2. The quantitative estimate of drug-likeness (QED) is 0.868. The average molecular weight is 258 g/mol. The van der Waals surface area contributed by atoms with Crippen LogP contribution < -0.4 is 10.6 Å². The third-order valence-corrected chi connectivity index (χ3v) is 4.67. The number of nitrogens with one attached hydrogen (secondary N) is 2. The first-order valence-corrected chi connectivity index (χ1v) is 7.24. The van der Waals surface area contributed by atoms with Crippen molar-refractivity contribution in [2.45, 2.75) is 32.1 Å². The molecule has 1 heterocycles. The number of fused-ring (bicyclic) bond motifs is 1. The third-order valence-electron chi connectivity index (χ3n) is 4.67. The second-order valence-corrected chi connectivity index (χ2v) is 6.23. The summed E-state index contributed by atoms with van der Waals surface area (Å²) in [7, 11) is 0. The van der Waals surface area contributed by atoms with Gasteiger partial charge in [-0.1, -0.05) is 31.2 Å². The Morgan fingerprint density at radius 1 is 1.37 bits per heavy atom. The second-order valence-electron chi connectivity index (χ2n) is 6.23. The van der Waals surface area contributed by atoms with Crippen molar-refractivity contribution in [2.24, 2.45) is 5.41 Å². The van der Waals surface area contributed by atoms with Crippen LogP contribution in [0, 0.1) is 5.41 Å². The number of carbonyl (C=O) groups is 1. The molecule has 0 saturated carbocycles. The summed E-state index contributed by atoms with van der Waals surface area (Å²) in [6, 6.07) is 8.26. The lowest BCUT2D eigenvalue weighted by Crippen LogP contribution is -2.45. The fourth-order valence-corrected chi connectivity index (χ4v) is 3.12. The van der Waals surface area contributed by atoms with Crippen LogP contribution in [0.1, 0.15) is 36.8 Å². The molecule has 2 aliphatic rings. The molecule has 0 aromatic heterocycles. The smallest absolute Gasteiger partial charge is 0.227 e. The fourth-order valence-electron chi connectivity index (χ4n) is 3.12. The van der Waals surface area contributed by atoms with Gasteiger partial charge in [-0.2, -0.15) is 0 Å². The van der Waals surface area contributed by atoms with Crippen LogP contribution in [0.2, 0.25) is 0 Å². The van der Waals surface area contributed by atoms with Crippen molar-refractivity contribution in [3.05, 3.63) is 35.4 Å². The molecular formula is C16H22N2O. The molecule has 3 heteroatoms. The van der Waals surface area contributed by atoms with Crippen molar-refractivity contribution in [1.29, 1.82) is 0 Å². The number of rotatable bonds is 3. The molecule has 2 N–H and O–H groups in total. The minimum Gasteiger partial charge on any atom is -0.355 e. The number of carbonyl (C=O) groups excluding carboxylic acids is 1. The summed E-state index contributed by atoms with van der Waals surface area (Å²) in [6.07, 6.45) is 3.20. The van der Waals surface area contributed by atoms with E-state index in [0.717, 1.165) is 38.9 Å². The highest BCUT2D eigenvalue weighted by molar-refractivity contribution is 5.86. The van der Waals surface area contributed by atoms with E-state index >= 15 is 0 Å². The molecule has 19 heavy (non-hydrogen) atoms. The molecule has 1 unspecified atom stereocenters. The van der Waals surface area contributed by atoms with Crippen LogP contribution in [-0.4, -0.2) is 25.5 Å². The molecule has 1 aliphatic heterocycles. The molecule has 1 saturated heterocycles. The van der Waals surface area contributed by atoms with Crippen molar-refractivity contribution in [1.82, 2.24) is 10.6 Å². The van der Waals surface area contributed by atoms with Crippen LogP contribution in [0.15, 0.2) is 24.3 Å². The molecule has 1 amide bonds. The van der Waals surface area contributed by atoms with Gasteiger partial charge in [0.1, 0.15) is 0 Å². The van der Waals surface area contributed by atoms with Gasteiger partial charge in [-0.05, 0) is 48.9 Å². The predicted octanol–water partition coefficient (Wildman–Crippen LogP) is 1.83. The molecule has 3 rings (SSSR count). The van der Waals surface area contributed by atoms with Crippen molar-refractivity contribution < 1.29 is 4.79 Å². The Morgan fingerprint density at radius 3 is 2.84 bits per heavy atom. The van der Waals surface area contributed by atoms with E-state index < -0.39 is 0 Å². The van der Waals surface area contributed by atoms with Crippen molar-refractivity contribution in [3.63, 3.8) is 0 Å². The zero-order valence-electron chi connectivity index (χ0n) is 11.5. The number of amides is 1. The molecule has 1 aliphatic carbocycles. The minimum absolute atomic E-state index is 0.0847. The number of benzene rings is 1. The van der Waals surface area contributed by atoms with Gasteiger partial charge in [0, 0.05) is 6.54 Å². The summed E-state index contributed by atoms with van der Waals surface area (Å²) in [5.41, 5.74) is 2.82. The lowest BCUT2D eigenvalue weighted by atomic mass is 9.76. The Kier molecular flexibility index (Phi) is 3.31. The van der Waals surface area contributed by atoms with Crippen LogP contribution in [0.5, 0.6) is 0 Å². The molecule has 0 spiro atoms. The van der Waals surface area contributed by atoms with Gasteiger partial charge in [-0.25, -0.2) is 0 Å². The van der Waals surface area contributed by atoms with Crippen molar-refractivity contribution >= 4 is 5.91 Å². The van der Waals surface area contributed by atoms with Gasteiger partial charge >= 0.3 is 0 Å². The zero-order valence-corrected chi connectivity index (χ0v) is 11.5. The molecule has 1 fully saturated rings. The van der Waals surface area contributed by atoms with Gasteiger partial charge < -0.3 is 10.6 Å². The topological polar surface area (TPSA) is 41.1 Å². The summed E-state index contributed by atoms with van der Waals surface area (Å²) in [5, 5.41) is 6.54. The van der Waals surface area contributed by atoms with Gasteiger partial charge in [0.15, 0.2) is 0 Å². The van der Waals surface area contributed by atoms with Crippen LogP contribution >= 0.6 is 0 Å². The first-order valence-electron chi connectivity index (χ1n) is 7.24. The maximum Gasteiger partial charge on any atom is 0.227 e. The molecule has 0 radical (unpaired) electrons. The van der Waals surface area contributed by atoms with Gasteiger partial charge in [0.2, 0.25) is 5.91 Å². The average Bonchev–Trinajstić information content (AvgIpc) is 2.39. The first kappa shape index (κ1) is 12.7. The summed E-state index contributed by atoms with van der Waals surface area (Å²) in [6.45, 7) is 5.23. The Hall–Kier alpha value is -1.35. The molecule has 1 aromatic rings. The fraction of sp³-hybridized carbons (Fsp3) is 0.562. The lowest BCUT2D eigenvalue weighted by molar-refractivity contribution is -0.123. The van der Waals surface area contributed by atoms with E-state index in [1.165, 1.54) is 11.1 Å². The van der Waals surface area contributed by atoms with E-state index in [2.05, 4.69) is 29.7 Å². The van der Waals surface area contributed by atoms with E-state index in [1.54, 1.807) is 0 Å². The number of hydrogen-bond acceptors (Lipinski definition) is 2. The highest BCUT2D eigenvalue weighted by Gasteiger charge is 2.33. The summed E-state index contributed by atoms with van der Waals surface area (Å²) in [5.74, 6) is 0.292. The Balaban J connectivity index is 1.56. The molecular weight excluding hydrogens is 236 g/mol. The molecule has 1 aromatic carbocycles. The summed E-state index contributed by atoms with van der Waals surface area (Å²) >= 11 is 0. The Labute approximate surface area is 114 Å². The molecule has 0 bridgehead atoms. The van der Waals surface area contributed by atoms with Crippen LogP contribution in [0.25, 0.3) is 0 Å². The SMILES string of the molecule is CC1(CNC(=O)C2Cc3ccccc32)CCNCC1. The largest absolute Gasteiger partial charge is 0.355 e. The van der Waals surface area contributed by atoms with Crippen LogP contribution in [0.4, 0.5) is 0 Å². The lowest BCUT2D eigenvalue weighted by Gasteiger charge is -2.35. The highest BCUT2D eigenvalue weighted by Crippen LogP contribution is 2.35. The molecule has 1 atom stereocenters. The minimum atomic E-state index is 0.0847. The van der Waals surface area contributed by atoms with E-state index in [9.17, 15) is 4.79 Å². The zero-order chi connectivity index (χ0) is 13.3. The third kappa shape index (κ3) is 2.52. The van der Waals surface area contributed by atoms with E-state index in [-0.39, 0.29) is 17.2 Å². The summed E-state index contributed by atoms with van der Waals surface area (Å²) in [4.78, 5) is 12.2. The van der Waals surface area contributed by atoms with Gasteiger partial charge in [0.25, 0.3) is 0 Å².